The van der Waals surface area contributed by atoms with Crippen LogP contribution in [-0.4, -0.2) is 36.1 Å². The Hall–Kier alpha value is -1.18. The summed E-state index contributed by atoms with van der Waals surface area (Å²) in [6, 6.07) is 1.79. The van der Waals surface area contributed by atoms with Crippen molar-refractivity contribution in [1.82, 2.24) is 4.31 Å². The first-order valence-corrected chi connectivity index (χ1v) is 8.05. The fourth-order valence-corrected chi connectivity index (χ4v) is 3.27. The van der Waals surface area contributed by atoms with Crippen LogP contribution in [0, 0.1) is 0 Å². The zero-order valence-electron chi connectivity index (χ0n) is 11.0. The van der Waals surface area contributed by atoms with Crippen LogP contribution < -0.4 is 0 Å². The molecule has 0 fully saturated rings. The normalized spacial score (nSPS) is 12.7. The smallest absolute Gasteiger partial charge is 0.328 e. The molecule has 5 nitrogen and oxygen atoms in total. The lowest BCUT2D eigenvalue weighted by Gasteiger charge is -2.18. The van der Waals surface area contributed by atoms with E-state index in [9.17, 15) is 13.2 Å². The Morgan fingerprint density at radius 3 is 2.68 bits per heavy atom. The maximum atomic E-state index is 11.9. The third kappa shape index (κ3) is 4.45. The number of aliphatic carboxylic acids is 1. The quantitative estimate of drug-likeness (QED) is 0.816. The first kappa shape index (κ1) is 15.9. The fraction of sp³-hybridized carbons (Fsp3) is 0.417. The van der Waals surface area contributed by atoms with Crippen molar-refractivity contribution < 1.29 is 18.3 Å². The van der Waals surface area contributed by atoms with Gasteiger partial charge in [0, 0.05) is 24.5 Å². The van der Waals surface area contributed by atoms with E-state index in [2.05, 4.69) is 0 Å². The molecule has 1 heterocycles. The summed E-state index contributed by atoms with van der Waals surface area (Å²) >= 11 is 1.38. The van der Waals surface area contributed by atoms with Crippen LogP contribution in [0.15, 0.2) is 17.5 Å². The van der Waals surface area contributed by atoms with Gasteiger partial charge in [0.25, 0.3) is 0 Å². The molecule has 0 aliphatic heterocycles. The summed E-state index contributed by atoms with van der Waals surface area (Å²) in [5, 5.41) is 9.90. The second-order valence-corrected chi connectivity index (χ2v) is 7.92. The van der Waals surface area contributed by atoms with Crippen LogP contribution in [0.4, 0.5) is 0 Å². The Morgan fingerprint density at radius 2 is 2.16 bits per heavy atom. The van der Waals surface area contributed by atoms with Gasteiger partial charge in [0.15, 0.2) is 0 Å². The van der Waals surface area contributed by atoms with Crippen molar-refractivity contribution in [2.45, 2.75) is 25.6 Å². The molecule has 0 amide bonds. The van der Waals surface area contributed by atoms with Gasteiger partial charge in [0.1, 0.15) is 0 Å². The number of rotatable bonds is 6. The minimum Gasteiger partial charge on any atom is -0.478 e. The molecule has 1 aromatic heterocycles. The molecule has 0 atom stereocenters. The number of hydrogen-bond donors (Lipinski definition) is 1. The van der Waals surface area contributed by atoms with Gasteiger partial charge in [-0.05, 0) is 36.9 Å². The van der Waals surface area contributed by atoms with E-state index in [0.29, 0.717) is 0 Å². The number of carboxylic acids is 1. The Balaban J connectivity index is 2.77. The van der Waals surface area contributed by atoms with Gasteiger partial charge >= 0.3 is 5.97 Å². The average molecular weight is 303 g/mol. The first-order valence-electron chi connectivity index (χ1n) is 5.67. The molecule has 1 rings (SSSR count). The number of thiophene rings is 1. The third-order valence-corrected chi connectivity index (χ3v) is 5.64. The molecule has 0 bridgehead atoms. The lowest BCUT2D eigenvalue weighted by Crippen LogP contribution is -2.32. The Bertz CT molecular complexity index is 572. The molecule has 106 valence electrons. The van der Waals surface area contributed by atoms with Gasteiger partial charge in [-0.3, -0.25) is 0 Å². The minimum absolute atomic E-state index is 0.290. The summed E-state index contributed by atoms with van der Waals surface area (Å²) < 4.78 is 25.1. The molecule has 0 unspecified atom stereocenters. The van der Waals surface area contributed by atoms with E-state index in [1.165, 1.54) is 21.7 Å². The molecule has 1 N–H and O–H groups in total. The summed E-state index contributed by atoms with van der Waals surface area (Å²) in [6.07, 6.45) is 2.55. The Kier molecular flexibility index (Phi) is 5.28. The molecule has 0 aromatic carbocycles. The van der Waals surface area contributed by atoms with Crippen LogP contribution in [0.1, 0.15) is 24.3 Å². The highest BCUT2D eigenvalue weighted by Gasteiger charge is 2.22. The number of hydrogen-bond acceptors (Lipinski definition) is 4. The molecule has 0 spiro atoms. The molecular weight excluding hydrogens is 286 g/mol. The largest absolute Gasteiger partial charge is 0.478 e. The first-order chi connectivity index (χ1) is 8.73. The van der Waals surface area contributed by atoms with Gasteiger partial charge in [-0.25, -0.2) is 17.5 Å². The predicted molar refractivity (Wildman–Crippen MR) is 76.5 cm³/mol. The van der Waals surface area contributed by atoms with E-state index in [0.717, 1.165) is 16.5 Å². The molecule has 19 heavy (non-hydrogen) atoms. The molecule has 0 saturated carbocycles. The summed E-state index contributed by atoms with van der Waals surface area (Å²) in [7, 11) is -1.72. The minimum atomic E-state index is -3.27. The number of nitrogens with zero attached hydrogens (tertiary/aromatic N) is 1. The van der Waals surface area contributed by atoms with E-state index in [4.69, 9.17) is 5.11 Å². The van der Waals surface area contributed by atoms with Gasteiger partial charge in [-0.1, -0.05) is 0 Å². The summed E-state index contributed by atoms with van der Waals surface area (Å²) in [6.45, 7) is 3.57. The lowest BCUT2D eigenvalue weighted by molar-refractivity contribution is -0.131. The van der Waals surface area contributed by atoms with Crippen LogP contribution >= 0.6 is 11.3 Å². The van der Waals surface area contributed by atoms with E-state index in [1.54, 1.807) is 27.0 Å². The molecule has 0 saturated heterocycles. The highest BCUT2D eigenvalue weighted by atomic mass is 32.2. The molecule has 0 radical (unpaired) electrons. The van der Waals surface area contributed by atoms with E-state index >= 15 is 0 Å². The van der Waals surface area contributed by atoms with E-state index in [1.807, 2.05) is 5.38 Å². The standard InChI is InChI=1S/C12H17NO4S2/c1-9(2)19(16,17)13(3)7-10-6-11(18-8-10)4-5-12(14)15/h4-6,8-9H,7H2,1-3H3,(H,14,15)/b5-4+. The zero-order valence-corrected chi connectivity index (χ0v) is 12.7. The number of carbonyl (C=O) groups is 1. The summed E-state index contributed by atoms with van der Waals surface area (Å²) in [5.41, 5.74) is 0.849. The summed E-state index contributed by atoms with van der Waals surface area (Å²) in [4.78, 5) is 11.2. The van der Waals surface area contributed by atoms with Crippen molar-refractivity contribution >= 4 is 33.4 Å². The average Bonchev–Trinajstić information content (AvgIpc) is 2.73. The van der Waals surface area contributed by atoms with Crippen molar-refractivity contribution in [3.05, 3.63) is 28.0 Å². The van der Waals surface area contributed by atoms with Crippen LogP contribution in [0.25, 0.3) is 6.08 Å². The van der Waals surface area contributed by atoms with Gasteiger partial charge in [-0.2, -0.15) is 0 Å². The molecular formula is C12H17NO4S2. The lowest BCUT2D eigenvalue weighted by atomic mass is 10.3. The van der Waals surface area contributed by atoms with Crippen molar-refractivity contribution in [3.8, 4) is 0 Å². The fourth-order valence-electron chi connectivity index (χ4n) is 1.43. The number of carboxylic acid groups (broad SMARTS) is 1. The second kappa shape index (κ2) is 6.31. The molecule has 0 aliphatic carbocycles. The van der Waals surface area contributed by atoms with Crippen molar-refractivity contribution in [2.75, 3.05) is 7.05 Å². The van der Waals surface area contributed by atoms with Gasteiger partial charge < -0.3 is 5.11 Å². The van der Waals surface area contributed by atoms with E-state index < -0.39 is 21.2 Å². The van der Waals surface area contributed by atoms with E-state index in [-0.39, 0.29) is 6.54 Å². The zero-order chi connectivity index (χ0) is 14.6. The number of sulfonamides is 1. The highest BCUT2D eigenvalue weighted by Crippen LogP contribution is 2.19. The van der Waals surface area contributed by atoms with Crippen LogP contribution in [0.3, 0.4) is 0 Å². The summed E-state index contributed by atoms with van der Waals surface area (Å²) in [5.74, 6) is -1.01. The van der Waals surface area contributed by atoms with Crippen LogP contribution in [0.2, 0.25) is 0 Å². The third-order valence-electron chi connectivity index (χ3n) is 2.50. The van der Waals surface area contributed by atoms with Crippen molar-refractivity contribution in [2.24, 2.45) is 0 Å². The van der Waals surface area contributed by atoms with Gasteiger partial charge in [-0.15, -0.1) is 11.3 Å². The molecule has 0 aliphatic rings. The van der Waals surface area contributed by atoms with Gasteiger partial charge in [0.2, 0.25) is 10.0 Å². The highest BCUT2D eigenvalue weighted by molar-refractivity contribution is 7.89. The predicted octanol–water partition coefficient (Wildman–Crippen LogP) is 2.02. The van der Waals surface area contributed by atoms with Gasteiger partial charge in [0.05, 0.1) is 5.25 Å². The van der Waals surface area contributed by atoms with Crippen LogP contribution in [0.5, 0.6) is 0 Å². The maximum Gasteiger partial charge on any atom is 0.328 e. The second-order valence-electron chi connectivity index (χ2n) is 4.38. The Morgan fingerprint density at radius 1 is 1.53 bits per heavy atom. The monoisotopic (exact) mass is 303 g/mol. The van der Waals surface area contributed by atoms with Crippen molar-refractivity contribution in [1.29, 1.82) is 0 Å². The van der Waals surface area contributed by atoms with Crippen LogP contribution in [-0.2, 0) is 21.4 Å². The topological polar surface area (TPSA) is 74.7 Å². The Labute approximate surface area is 117 Å². The van der Waals surface area contributed by atoms with Crippen molar-refractivity contribution in [3.63, 3.8) is 0 Å². The maximum absolute atomic E-state index is 11.9. The molecule has 1 aromatic rings. The SMILES string of the molecule is CC(C)S(=O)(=O)N(C)Cc1csc(/C=C/C(=O)O)c1. The molecule has 7 heteroatoms.